The van der Waals surface area contributed by atoms with Gasteiger partial charge in [-0.15, -0.1) is 12.3 Å². The molecule has 1 rings (SSSR count). The average molecular weight is 115 g/mol. The second kappa shape index (κ2) is 2.94. The van der Waals surface area contributed by atoms with Crippen LogP contribution in [0, 0.1) is 18.4 Å². The Bertz CT molecular complexity index is 203. The van der Waals surface area contributed by atoms with Crippen molar-refractivity contribution in [1.29, 1.82) is 0 Å². The van der Waals surface area contributed by atoms with E-state index in [0.29, 0.717) is 6.42 Å². The van der Waals surface area contributed by atoms with Crippen molar-refractivity contribution in [1.82, 2.24) is 0 Å². The highest BCUT2D eigenvalue weighted by Gasteiger charge is 1.82. The maximum absolute atomic E-state index is 5.10. The van der Waals surface area contributed by atoms with Gasteiger partial charge in [-0.3, -0.25) is 0 Å². The van der Waals surface area contributed by atoms with Crippen LogP contribution in [0.15, 0.2) is 24.3 Å². The Morgan fingerprint density at radius 3 is 2.67 bits per heavy atom. The molecule has 0 spiro atoms. The molecule has 0 saturated carbocycles. The van der Waals surface area contributed by atoms with Gasteiger partial charge in [0.1, 0.15) is 0 Å². The van der Waals surface area contributed by atoms with Gasteiger partial charge in [-0.1, -0.05) is 24.3 Å². The lowest BCUT2D eigenvalue weighted by Gasteiger charge is -1.89. The summed E-state index contributed by atoms with van der Waals surface area (Å²) in [6, 6.07) is 10.6. The molecule has 0 amide bonds. The Morgan fingerprint density at radius 2 is 2.11 bits per heavy atom. The first-order valence-electron chi connectivity index (χ1n) is 2.82. The number of benzene rings is 1. The Hall–Kier alpha value is -1.22. The quantitative estimate of drug-likeness (QED) is 0.488. The fourth-order valence-electron chi connectivity index (χ4n) is 0.657. The molecule has 0 aromatic heterocycles. The van der Waals surface area contributed by atoms with E-state index in [4.69, 9.17) is 6.42 Å². The Labute approximate surface area is 55.5 Å². The van der Waals surface area contributed by atoms with E-state index in [1.54, 1.807) is 0 Å². The molecule has 0 aliphatic carbocycles. The van der Waals surface area contributed by atoms with Gasteiger partial charge in [0.25, 0.3) is 0 Å². The summed E-state index contributed by atoms with van der Waals surface area (Å²) < 4.78 is 0. The van der Waals surface area contributed by atoms with E-state index in [9.17, 15) is 0 Å². The highest BCUT2D eigenvalue weighted by molar-refractivity contribution is 5.18. The third kappa shape index (κ3) is 1.62. The van der Waals surface area contributed by atoms with Crippen LogP contribution in [0.25, 0.3) is 0 Å². The van der Waals surface area contributed by atoms with Crippen LogP contribution in [0.2, 0.25) is 0 Å². The molecular formula is C9H7. The summed E-state index contributed by atoms with van der Waals surface area (Å²) in [7, 11) is 0. The first-order chi connectivity index (χ1) is 4.43. The lowest BCUT2D eigenvalue weighted by Crippen LogP contribution is -1.76. The van der Waals surface area contributed by atoms with Gasteiger partial charge in [-0.05, 0) is 11.6 Å². The molecule has 1 aromatic carbocycles. The summed E-state index contributed by atoms with van der Waals surface area (Å²) in [6.45, 7) is 0. The average Bonchev–Trinajstić information content (AvgIpc) is 1.91. The molecule has 9 heavy (non-hydrogen) atoms. The van der Waals surface area contributed by atoms with E-state index in [1.165, 1.54) is 5.56 Å². The van der Waals surface area contributed by atoms with Gasteiger partial charge < -0.3 is 0 Å². The summed E-state index contributed by atoms with van der Waals surface area (Å²) in [6.07, 6.45) is 5.82. The van der Waals surface area contributed by atoms with Crippen molar-refractivity contribution in [2.24, 2.45) is 0 Å². The third-order valence-electron chi connectivity index (χ3n) is 1.09. The van der Waals surface area contributed by atoms with Gasteiger partial charge in [0.15, 0.2) is 0 Å². The summed E-state index contributed by atoms with van der Waals surface area (Å²) in [5.74, 6) is 2.57. The van der Waals surface area contributed by atoms with Crippen molar-refractivity contribution in [2.75, 3.05) is 0 Å². The van der Waals surface area contributed by atoms with Gasteiger partial charge >= 0.3 is 0 Å². The molecule has 0 heteroatoms. The lowest BCUT2D eigenvalue weighted by atomic mass is 10.2. The van der Waals surface area contributed by atoms with Crippen LogP contribution in [-0.4, -0.2) is 0 Å². The molecule has 0 bridgehead atoms. The van der Waals surface area contributed by atoms with Crippen molar-refractivity contribution in [3.05, 3.63) is 35.9 Å². The zero-order valence-corrected chi connectivity index (χ0v) is 5.09. The summed E-state index contributed by atoms with van der Waals surface area (Å²) in [5, 5.41) is 0. The molecule has 0 N–H and O–H groups in total. The monoisotopic (exact) mass is 115 g/mol. The normalized spacial score (nSPS) is 8.33. The number of terminal acetylenes is 1. The molecule has 0 nitrogen and oxygen atoms in total. The van der Waals surface area contributed by atoms with Crippen LogP contribution >= 0.6 is 0 Å². The summed E-state index contributed by atoms with van der Waals surface area (Å²) in [4.78, 5) is 0. The molecule has 1 aromatic rings. The van der Waals surface area contributed by atoms with Crippen molar-refractivity contribution >= 4 is 0 Å². The Kier molecular flexibility index (Phi) is 1.93. The molecule has 0 fully saturated rings. The maximum atomic E-state index is 5.10. The third-order valence-corrected chi connectivity index (χ3v) is 1.09. The number of rotatable bonds is 1. The molecular weight excluding hydrogens is 108 g/mol. The van der Waals surface area contributed by atoms with Gasteiger partial charge in [-0.2, -0.15) is 0 Å². The van der Waals surface area contributed by atoms with Crippen LogP contribution in [0.1, 0.15) is 5.56 Å². The van der Waals surface area contributed by atoms with Crippen molar-refractivity contribution < 1.29 is 0 Å². The molecule has 0 aliphatic heterocycles. The minimum atomic E-state index is 0.717. The lowest BCUT2D eigenvalue weighted by molar-refractivity contribution is 1.32. The molecule has 0 saturated heterocycles. The fourth-order valence-corrected chi connectivity index (χ4v) is 0.657. The van der Waals surface area contributed by atoms with Crippen LogP contribution < -0.4 is 0 Å². The Balaban J connectivity index is 2.76. The molecule has 1 radical (unpaired) electrons. The smallest absolute Gasteiger partial charge is 0.0337 e. The van der Waals surface area contributed by atoms with Gasteiger partial charge in [-0.25, -0.2) is 0 Å². The van der Waals surface area contributed by atoms with E-state index in [1.807, 2.05) is 24.3 Å². The first-order valence-corrected chi connectivity index (χ1v) is 2.82. The van der Waals surface area contributed by atoms with Crippen LogP contribution in [-0.2, 0) is 6.42 Å². The van der Waals surface area contributed by atoms with Crippen molar-refractivity contribution in [3.8, 4) is 12.3 Å². The van der Waals surface area contributed by atoms with Gasteiger partial charge in [0, 0.05) is 6.42 Å². The standard InChI is InChI=1S/C9H7/c1-2-6-9-7-4-3-5-8-9/h1,4-5,7-8H,6H2. The Morgan fingerprint density at radius 1 is 1.44 bits per heavy atom. The van der Waals surface area contributed by atoms with Gasteiger partial charge in [0.05, 0.1) is 0 Å². The predicted molar refractivity (Wildman–Crippen MR) is 37.8 cm³/mol. The van der Waals surface area contributed by atoms with Crippen LogP contribution in [0.3, 0.4) is 0 Å². The minimum Gasteiger partial charge on any atom is -0.120 e. The SMILES string of the molecule is C#CCc1cc[c]cc1. The van der Waals surface area contributed by atoms with E-state index in [-0.39, 0.29) is 0 Å². The molecule has 43 valence electrons. The number of hydrogen-bond donors (Lipinski definition) is 0. The summed E-state index contributed by atoms with van der Waals surface area (Å²) in [5.41, 5.74) is 1.18. The van der Waals surface area contributed by atoms with Crippen molar-refractivity contribution in [3.63, 3.8) is 0 Å². The van der Waals surface area contributed by atoms with Crippen molar-refractivity contribution in [2.45, 2.75) is 6.42 Å². The van der Waals surface area contributed by atoms with Crippen LogP contribution in [0.4, 0.5) is 0 Å². The molecule has 0 unspecified atom stereocenters. The molecule has 0 atom stereocenters. The van der Waals surface area contributed by atoms with E-state index in [0.717, 1.165) is 0 Å². The second-order valence-electron chi connectivity index (χ2n) is 1.79. The zero-order valence-electron chi connectivity index (χ0n) is 5.09. The first kappa shape index (κ1) is 5.91. The zero-order chi connectivity index (χ0) is 6.53. The fraction of sp³-hybridized carbons (Fsp3) is 0.111. The van der Waals surface area contributed by atoms with Crippen LogP contribution in [0.5, 0.6) is 0 Å². The largest absolute Gasteiger partial charge is 0.120 e. The molecule has 0 heterocycles. The van der Waals surface area contributed by atoms with E-state index < -0.39 is 0 Å². The number of hydrogen-bond acceptors (Lipinski definition) is 0. The second-order valence-corrected chi connectivity index (χ2v) is 1.79. The minimum absolute atomic E-state index is 0.717. The summed E-state index contributed by atoms with van der Waals surface area (Å²) >= 11 is 0. The maximum Gasteiger partial charge on any atom is 0.0337 e. The highest BCUT2D eigenvalue weighted by atomic mass is 13.9. The highest BCUT2D eigenvalue weighted by Crippen LogP contribution is 1.96. The molecule has 0 aliphatic rings. The van der Waals surface area contributed by atoms with E-state index >= 15 is 0 Å². The van der Waals surface area contributed by atoms with Gasteiger partial charge in [0.2, 0.25) is 0 Å². The van der Waals surface area contributed by atoms with E-state index in [2.05, 4.69) is 12.0 Å². The topological polar surface area (TPSA) is 0 Å². The predicted octanol–water partition coefficient (Wildman–Crippen LogP) is 1.66.